The summed E-state index contributed by atoms with van der Waals surface area (Å²) in [5, 5.41) is 9.40. The van der Waals surface area contributed by atoms with Crippen molar-refractivity contribution < 1.29 is 23.0 Å². The molecule has 1 fully saturated rings. The second kappa shape index (κ2) is 5.18. The van der Waals surface area contributed by atoms with E-state index in [0.717, 1.165) is 31.2 Å². The molecule has 1 aliphatic rings. The highest BCUT2D eigenvalue weighted by Crippen LogP contribution is 2.34. The summed E-state index contributed by atoms with van der Waals surface area (Å²) in [6, 6.07) is 6.02. The minimum Gasteiger partial charge on any atom is -0.406 e. The van der Waals surface area contributed by atoms with Crippen molar-refractivity contribution in [2.45, 2.75) is 44.1 Å². The lowest BCUT2D eigenvalue weighted by molar-refractivity contribution is -0.274. The van der Waals surface area contributed by atoms with Gasteiger partial charge in [-0.15, -0.1) is 13.2 Å². The lowest BCUT2D eigenvalue weighted by Crippen LogP contribution is -2.18. The van der Waals surface area contributed by atoms with Gasteiger partial charge < -0.3 is 9.84 Å². The molecule has 1 saturated carbocycles. The minimum absolute atomic E-state index is 0.193. The van der Waals surface area contributed by atoms with Crippen LogP contribution in [0.3, 0.4) is 0 Å². The maximum atomic E-state index is 12.0. The molecule has 0 unspecified atom stereocenters. The van der Waals surface area contributed by atoms with Crippen LogP contribution in [0.15, 0.2) is 24.3 Å². The number of benzene rings is 1. The van der Waals surface area contributed by atoms with Crippen LogP contribution in [-0.2, 0) is 0 Å². The average Bonchev–Trinajstić information content (AvgIpc) is 2.29. The molecule has 0 radical (unpaired) electrons. The molecule has 18 heavy (non-hydrogen) atoms. The van der Waals surface area contributed by atoms with E-state index in [1.165, 1.54) is 12.1 Å². The van der Waals surface area contributed by atoms with Gasteiger partial charge in [-0.25, -0.2) is 0 Å². The molecule has 0 amide bonds. The zero-order valence-corrected chi connectivity index (χ0v) is 9.78. The van der Waals surface area contributed by atoms with Gasteiger partial charge in [0.1, 0.15) is 5.75 Å². The average molecular weight is 260 g/mol. The van der Waals surface area contributed by atoms with Gasteiger partial charge in [-0.2, -0.15) is 0 Å². The maximum Gasteiger partial charge on any atom is 0.573 e. The van der Waals surface area contributed by atoms with Crippen molar-refractivity contribution >= 4 is 0 Å². The third kappa shape index (κ3) is 3.63. The maximum absolute atomic E-state index is 12.0. The number of aliphatic hydroxyl groups excluding tert-OH is 1. The highest BCUT2D eigenvalue weighted by atomic mass is 19.4. The van der Waals surface area contributed by atoms with Crippen molar-refractivity contribution in [3.05, 3.63) is 29.8 Å². The summed E-state index contributed by atoms with van der Waals surface area (Å²) in [5.74, 6) is 0.135. The van der Waals surface area contributed by atoms with Gasteiger partial charge in [0.05, 0.1) is 6.10 Å². The monoisotopic (exact) mass is 260 g/mol. The zero-order chi connectivity index (χ0) is 13.2. The normalized spacial score (nSPS) is 24.9. The molecule has 0 bridgehead atoms. The van der Waals surface area contributed by atoms with E-state index in [0.29, 0.717) is 5.92 Å². The lowest BCUT2D eigenvalue weighted by atomic mass is 9.83. The summed E-state index contributed by atoms with van der Waals surface area (Å²) in [6.45, 7) is 0. The van der Waals surface area contributed by atoms with Gasteiger partial charge in [-0.1, -0.05) is 12.1 Å². The van der Waals surface area contributed by atoms with E-state index in [9.17, 15) is 18.3 Å². The number of rotatable bonds is 2. The number of hydrogen-bond donors (Lipinski definition) is 1. The largest absolute Gasteiger partial charge is 0.573 e. The van der Waals surface area contributed by atoms with Gasteiger partial charge in [-0.3, -0.25) is 0 Å². The molecule has 0 heterocycles. The molecule has 2 rings (SSSR count). The SMILES string of the molecule is O[C@H]1CC[C@@H](c2ccc(OC(F)(F)F)cc2)CC1. The first-order valence-corrected chi connectivity index (χ1v) is 5.98. The summed E-state index contributed by atoms with van der Waals surface area (Å²) in [5.41, 5.74) is 1.01. The van der Waals surface area contributed by atoms with Gasteiger partial charge in [0.25, 0.3) is 0 Å². The lowest BCUT2D eigenvalue weighted by Gasteiger charge is -2.25. The number of ether oxygens (including phenoxy) is 1. The highest BCUT2D eigenvalue weighted by Gasteiger charge is 2.31. The molecule has 100 valence electrons. The van der Waals surface area contributed by atoms with Crippen molar-refractivity contribution in [1.29, 1.82) is 0 Å². The smallest absolute Gasteiger partial charge is 0.406 e. The topological polar surface area (TPSA) is 29.5 Å². The summed E-state index contributed by atoms with van der Waals surface area (Å²) in [6.07, 6.45) is -1.61. The van der Waals surface area contributed by atoms with Crippen molar-refractivity contribution in [3.63, 3.8) is 0 Å². The number of hydrogen-bond acceptors (Lipinski definition) is 2. The molecule has 0 atom stereocenters. The first kappa shape index (κ1) is 13.2. The molecule has 0 saturated heterocycles. The number of alkyl halides is 3. The minimum atomic E-state index is -4.64. The van der Waals surface area contributed by atoms with Crippen molar-refractivity contribution in [3.8, 4) is 5.75 Å². The molecule has 1 N–H and O–H groups in total. The molecule has 1 aromatic rings. The van der Waals surface area contributed by atoms with E-state index in [1.54, 1.807) is 12.1 Å². The molecule has 5 heteroatoms. The second-order valence-corrected chi connectivity index (χ2v) is 4.62. The standard InChI is InChI=1S/C13H15F3O2/c14-13(15,16)18-12-7-3-10(4-8-12)9-1-5-11(17)6-2-9/h3-4,7-9,11,17H,1-2,5-6H2/t9-,11+. The van der Waals surface area contributed by atoms with Crippen LogP contribution in [0, 0.1) is 0 Å². The van der Waals surface area contributed by atoms with Crippen LogP contribution < -0.4 is 4.74 Å². The summed E-state index contributed by atoms with van der Waals surface area (Å²) >= 11 is 0. The van der Waals surface area contributed by atoms with E-state index in [4.69, 9.17) is 0 Å². The Labute approximate surface area is 103 Å². The Morgan fingerprint density at radius 2 is 1.56 bits per heavy atom. The van der Waals surface area contributed by atoms with E-state index < -0.39 is 6.36 Å². The Hall–Kier alpha value is -1.23. The van der Waals surface area contributed by atoms with E-state index >= 15 is 0 Å². The number of aliphatic hydroxyl groups is 1. The molecule has 2 nitrogen and oxygen atoms in total. The second-order valence-electron chi connectivity index (χ2n) is 4.62. The molecular formula is C13H15F3O2. The van der Waals surface area contributed by atoms with Crippen LogP contribution in [0.4, 0.5) is 13.2 Å². The Bertz CT molecular complexity index is 378. The van der Waals surface area contributed by atoms with Gasteiger partial charge in [0.2, 0.25) is 0 Å². The highest BCUT2D eigenvalue weighted by molar-refractivity contribution is 5.29. The predicted molar refractivity (Wildman–Crippen MR) is 60.3 cm³/mol. The Kier molecular flexibility index (Phi) is 3.80. The third-order valence-electron chi connectivity index (χ3n) is 3.28. The van der Waals surface area contributed by atoms with Gasteiger partial charge in [-0.05, 0) is 49.3 Å². The van der Waals surface area contributed by atoms with E-state index in [2.05, 4.69) is 4.74 Å². The summed E-state index contributed by atoms with van der Waals surface area (Å²) in [7, 11) is 0. The molecule has 1 aromatic carbocycles. The molecule has 0 spiro atoms. The van der Waals surface area contributed by atoms with Crippen LogP contribution in [0.25, 0.3) is 0 Å². The van der Waals surface area contributed by atoms with Crippen LogP contribution in [0.1, 0.15) is 37.2 Å². The molecule has 0 aliphatic heterocycles. The van der Waals surface area contributed by atoms with Crippen LogP contribution in [0.5, 0.6) is 5.75 Å². The van der Waals surface area contributed by atoms with E-state index in [-0.39, 0.29) is 11.9 Å². The first-order chi connectivity index (χ1) is 8.44. The first-order valence-electron chi connectivity index (χ1n) is 5.98. The third-order valence-corrected chi connectivity index (χ3v) is 3.28. The number of halogens is 3. The van der Waals surface area contributed by atoms with Gasteiger partial charge in [0.15, 0.2) is 0 Å². The quantitative estimate of drug-likeness (QED) is 0.880. The van der Waals surface area contributed by atoms with Crippen LogP contribution in [-0.4, -0.2) is 17.6 Å². The fourth-order valence-corrected chi connectivity index (χ4v) is 2.35. The predicted octanol–water partition coefficient (Wildman–Crippen LogP) is 3.60. The fourth-order valence-electron chi connectivity index (χ4n) is 2.35. The molecule has 0 aromatic heterocycles. The van der Waals surface area contributed by atoms with Crippen molar-refractivity contribution in [1.82, 2.24) is 0 Å². The Balaban J connectivity index is 1.99. The summed E-state index contributed by atoms with van der Waals surface area (Å²) in [4.78, 5) is 0. The zero-order valence-electron chi connectivity index (χ0n) is 9.78. The molecule has 1 aliphatic carbocycles. The van der Waals surface area contributed by atoms with Crippen molar-refractivity contribution in [2.75, 3.05) is 0 Å². The fraction of sp³-hybridized carbons (Fsp3) is 0.538. The van der Waals surface area contributed by atoms with Gasteiger partial charge >= 0.3 is 6.36 Å². The Morgan fingerprint density at radius 1 is 1.00 bits per heavy atom. The Morgan fingerprint density at radius 3 is 2.06 bits per heavy atom. The summed E-state index contributed by atoms with van der Waals surface area (Å²) < 4.78 is 39.8. The molecular weight excluding hydrogens is 245 g/mol. The van der Waals surface area contributed by atoms with Gasteiger partial charge in [0, 0.05) is 0 Å². The van der Waals surface area contributed by atoms with Crippen LogP contribution in [0.2, 0.25) is 0 Å². The van der Waals surface area contributed by atoms with E-state index in [1.807, 2.05) is 0 Å². The van der Waals surface area contributed by atoms with Crippen molar-refractivity contribution in [2.24, 2.45) is 0 Å². The van der Waals surface area contributed by atoms with Crippen LogP contribution >= 0.6 is 0 Å².